The van der Waals surface area contributed by atoms with Crippen LogP contribution in [0.5, 0.6) is 0 Å². The van der Waals surface area contributed by atoms with Crippen LogP contribution < -0.4 is 138 Å². The summed E-state index contributed by atoms with van der Waals surface area (Å²) in [4.78, 5) is 25.6. The predicted molar refractivity (Wildman–Crippen MR) is 17.1 cm³/mol. The second-order valence-electron chi connectivity index (χ2n) is 0.447. The van der Waals surface area contributed by atoms with Gasteiger partial charge in [-0.05, 0) is 0 Å². The van der Waals surface area contributed by atoms with Crippen LogP contribution in [-0.2, 0) is 4.57 Å². The van der Waals surface area contributed by atoms with Gasteiger partial charge in [0.2, 0.25) is 0 Å². The minimum atomic E-state index is -5.39. The molecule has 0 rings (SSSR count). The molecule has 6 nitrogen and oxygen atoms in total. The molecule has 0 atom stereocenters. The van der Waals surface area contributed by atoms with Crippen LogP contribution in [0.4, 0.5) is 0 Å². The first-order valence-electron chi connectivity index (χ1n) is 0.885. The molecule has 0 aliphatic rings. The van der Waals surface area contributed by atoms with Gasteiger partial charge in [0.25, 0.3) is 0 Å². The van der Waals surface area contributed by atoms with Gasteiger partial charge in [-0.2, -0.15) is 7.82 Å². The zero-order valence-electron chi connectivity index (χ0n) is 7.37. The summed E-state index contributed by atoms with van der Waals surface area (Å²) >= 11 is 3.39. The number of hydrogen-bond donors (Lipinski definition) is 0. The van der Waals surface area contributed by atoms with E-state index in [1.54, 1.807) is 0 Å². The molecule has 0 aromatic carbocycles. The van der Waals surface area contributed by atoms with Crippen molar-refractivity contribution in [1.29, 1.82) is 0 Å². The van der Waals surface area contributed by atoms with E-state index >= 15 is 0 Å². The van der Waals surface area contributed by atoms with Gasteiger partial charge in [0, 0.05) is 0 Å². The van der Waals surface area contributed by atoms with E-state index in [-0.39, 0.29) is 124 Å². The summed E-state index contributed by atoms with van der Waals surface area (Å²) in [5.74, 6) is 0. The Bertz CT molecular complexity index is 65.7. The van der Waals surface area contributed by atoms with Crippen LogP contribution >= 0.6 is 19.7 Å². The summed E-state index contributed by atoms with van der Waals surface area (Å²) in [6, 6.07) is 0. The number of halogens is 1. The first-order chi connectivity index (χ1) is 3.00. The van der Waals surface area contributed by atoms with E-state index in [0.717, 1.165) is 0 Å². The second-order valence-corrected chi connectivity index (χ2v) is 1.34. The van der Waals surface area contributed by atoms with E-state index in [0.29, 0.717) is 0 Å². The molecule has 0 amide bonds. The van der Waals surface area contributed by atoms with Gasteiger partial charge in [-0.1, -0.05) is 0 Å². The van der Waals surface area contributed by atoms with E-state index in [1.165, 1.54) is 0 Å². The van der Waals surface area contributed by atoms with Gasteiger partial charge in [-0.15, -0.1) is 0 Å². The van der Waals surface area contributed by atoms with Crippen molar-refractivity contribution < 1.29 is 148 Å². The molecule has 0 saturated heterocycles. The first-order valence-corrected chi connectivity index (χ1v) is 2.65. The van der Waals surface area contributed by atoms with Gasteiger partial charge >= 0.3 is 118 Å². The van der Waals surface area contributed by atoms with E-state index in [9.17, 15) is 0 Å². The quantitative estimate of drug-likeness (QED) is 0.312. The number of rotatable bonds is 0. The van der Waals surface area contributed by atoms with Crippen molar-refractivity contribution in [2.45, 2.75) is 0 Å². The van der Waals surface area contributed by atoms with Crippen molar-refractivity contribution in [2.24, 2.45) is 0 Å². The van der Waals surface area contributed by atoms with E-state index in [4.69, 9.17) is 23.9 Å². The van der Waals surface area contributed by atoms with Crippen molar-refractivity contribution in [2.75, 3.05) is 0 Å². The zero-order valence-corrected chi connectivity index (χ0v) is 17.0. The first kappa shape index (κ1) is 44.1. The molecule has 0 aliphatic heterocycles. The maximum Gasteiger partial charge on any atom is 1.00 e. The minimum absolute atomic E-state index is 0. The molecule has 0 spiro atoms. The van der Waals surface area contributed by atoms with Crippen molar-refractivity contribution in [3.63, 3.8) is 0 Å². The fourth-order valence-electron chi connectivity index (χ4n) is 0. The maximum absolute atomic E-state index is 8.55. The fraction of sp³-hybridized carbons (Fsp3) is 0. The summed E-state index contributed by atoms with van der Waals surface area (Å²) in [6.07, 6.45) is 0. The number of hydrogen-bond acceptors (Lipinski definition) is 5. The Kier molecular flexibility index (Phi) is 108. The maximum atomic E-state index is 8.55. The summed E-state index contributed by atoms with van der Waals surface area (Å²) in [5.41, 5.74) is 0. The molecule has 0 saturated carbocycles. The van der Waals surface area contributed by atoms with Gasteiger partial charge in [0.15, 0.2) is 0 Å². The Labute approximate surface area is 164 Å². The summed E-state index contributed by atoms with van der Waals surface area (Å²) in [6.45, 7) is 0. The van der Waals surface area contributed by atoms with Crippen molar-refractivity contribution in [3.8, 4) is 0 Å². The average molecular weight is 256 g/mol. The molecular weight excluding hydrogens is 254 g/mol. The van der Waals surface area contributed by atoms with Gasteiger partial charge in [0.1, 0.15) is 0 Å². The van der Waals surface area contributed by atoms with Gasteiger partial charge in [-0.3, -0.25) is 0 Å². The van der Waals surface area contributed by atoms with Crippen LogP contribution in [0.3, 0.4) is 0 Å². The third kappa shape index (κ3) is 136. The topological polar surface area (TPSA) is 141 Å². The standard InChI is InChI=1S/ClO.4Na.H3O4P.H2O/c1-2;;;;;1-5(2,3)4;/h;;;;;(H3,1,2,3,4);1H2/q-1;4*+1;;/p-3. The molecule has 12 heteroatoms. The van der Waals surface area contributed by atoms with Crippen LogP contribution in [0.15, 0.2) is 0 Å². The Hall–Kier alpha value is 4.32. The molecule has 0 aliphatic carbocycles. The van der Waals surface area contributed by atoms with E-state index < -0.39 is 7.82 Å². The molecule has 0 aromatic rings. The van der Waals surface area contributed by atoms with Crippen molar-refractivity contribution >= 4 is 19.7 Å². The molecule has 54 valence electrons. The second kappa shape index (κ2) is 29.5. The largest absolute Gasteiger partial charge is 1.00 e. The van der Waals surface area contributed by atoms with Crippen LogP contribution in [0.2, 0.25) is 0 Å². The molecule has 0 heterocycles. The molecule has 0 aromatic heterocycles. The van der Waals surface area contributed by atoms with Crippen molar-refractivity contribution in [3.05, 3.63) is 0 Å². The summed E-state index contributed by atoms with van der Waals surface area (Å²) in [7, 11) is -5.39. The Balaban J connectivity index is -0.00000000671. The van der Waals surface area contributed by atoms with Gasteiger partial charge in [-0.25, -0.2) is 11.9 Å². The Morgan fingerprint density at radius 3 is 0.833 bits per heavy atom. The normalized spacial score (nSPS) is 5.42. The fourth-order valence-corrected chi connectivity index (χ4v) is 0. The SMILES string of the molecule is O.O=P([O-])([O-])[O-].[Na+].[Na+].[Na+].[Na+].[O-]Cl. The third-order valence-corrected chi connectivity index (χ3v) is 0. The average Bonchev–Trinajstić information content (AvgIpc) is 1.36. The van der Waals surface area contributed by atoms with E-state index in [2.05, 4.69) is 11.9 Å². The third-order valence-electron chi connectivity index (χ3n) is 0. The summed E-state index contributed by atoms with van der Waals surface area (Å²) < 4.78 is 16.3. The molecule has 0 fully saturated rings. The van der Waals surface area contributed by atoms with Crippen LogP contribution in [-0.4, -0.2) is 5.48 Å². The molecule has 12 heavy (non-hydrogen) atoms. The van der Waals surface area contributed by atoms with Crippen LogP contribution in [0.1, 0.15) is 0 Å². The smallest absolute Gasteiger partial charge is 0.822 e. The predicted octanol–water partition coefficient (Wildman–Crippen LogP) is -16.1. The molecule has 0 bridgehead atoms. The minimum Gasteiger partial charge on any atom is -0.822 e. The monoisotopic (exact) mass is 256 g/mol. The molecule has 0 unspecified atom stereocenters. The van der Waals surface area contributed by atoms with Gasteiger partial charge < -0.3 is 29.4 Å². The van der Waals surface area contributed by atoms with Crippen molar-refractivity contribution in [1.82, 2.24) is 0 Å². The van der Waals surface area contributed by atoms with Gasteiger partial charge in [0.05, 0.1) is 0 Å². The van der Waals surface area contributed by atoms with Crippen LogP contribution in [0.25, 0.3) is 0 Å². The number of phosphoric acid groups is 1. The molecule has 0 radical (unpaired) electrons. The molecule has 2 N–H and O–H groups in total. The van der Waals surface area contributed by atoms with E-state index in [1.807, 2.05) is 0 Å². The Morgan fingerprint density at radius 1 is 0.833 bits per heavy atom. The Morgan fingerprint density at radius 2 is 0.833 bits per heavy atom. The molecular formula is H2ClNa4O6P. The summed E-state index contributed by atoms with van der Waals surface area (Å²) in [5, 5.41) is 0. The van der Waals surface area contributed by atoms with Crippen LogP contribution in [0, 0.1) is 0 Å². The zero-order chi connectivity index (χ0) is 6.50.